The summed E-state index contributed by atoms with van der Waals surface area (Å²) < 4.78 is 58.6. The van der Waals surface area contributed by atoms with Gasteiger partial charge >= 0.3 is 12.1 Å². The number of nitrogens with one attached hydrogen (secondary N) is 1. The number of hydrogen-bond acceptors (Lipinski definition) is 4. The number of carbonyl (C=O) groups is 2. The van der Waals surface area contributed by atoms with Crippen LogP contribution in [0.4, 0.5) is 23.2 Å². The number of halogens is 5. The molecule has 1 N–H and O–H groups in total. The van der Waals surface area contributed by atoms with Crippen LogP contribution in [0.1, 0.15) is 31.0 Å². The third-order valence-electron chi connectivity index (χ3n) is 5.03. The highest BCUT2D eigenvalue weighted by molar-refractivity contribution is 6.35. The molecule has 0 aliphatic heterocycles. The van der Waals surface area contributed by atoms with Gasteiger partial charge in [0.05, 0.1) is 28.7 Å². The molecule has 0 saturated heterocycles. The first-order valence-corrected chi connectivity index (χ1v) is 10.4. The van der Waals surface area contributed by atoms with E-state index in [-0.39, 0.29) is 28.3 Å². The van der Waals surface area contributed by atoms with Crippen molar-refractivity contribution in [2.75, 3.05) is 11.9 Å². The van der Waals surface area contributed by atoms with Gasteiger partial charge in [-0.1, -0.05) is 17.7 Å². The van der Waals surface area contributed by atoms with Gasteiger partial charge in [0.15, 0.2) is 0 Å². The van der Waals surface area contributed by atoms with E-state index in [1.807, 2.05) is 0 Å². The molecule has 1 atom stereocenters. The van der Waals surface area contributed by atoms with E-state index in [9.17, 15) is 31.9 Å². The number of aromatic nitrogens is 1. The molecule has 0 radical (unpaired) electrons. The molecule has 2 aromatic carbocycles. The minimum absolute atomic E-state index is 0.0183. The van der Waals surface area contributed by atoms with Crippen molar-refractivity contribution >= 4 is 39.9 Å². The fourth-order valence-electron chi connectivity index (χ4n) is 3.38. The molecule has 0 bridgehead atoms. The zero-order chi connectivity index (χ0) is 25.2. The molecule has 1 aromatic heterocycles. The van der Waals surface area contributed by atoms with Crippen LogP contribution in [0.2, 0.25) is 5.02 Å². The first-order chi connectivity index (χ1) is 15.9. The van der Waals surface area contributed by atoms with E-state index < -0.39 is 47.5 Å². The van der Waals surface area contributed by atoms with Crippen LogP contribution >= 0.6 is 11.6 Å². The highest BCUT2D eigenvalue weighted by atomic mass is 35.5. The second kappa shape index (κ2) is 9.84. The summed E-state index contributed by atoms with van der Waals surface area (Å²) in [5.74, 6) is -2.63. The predicted molar refractivity (Wildman–Crippen MR) is 118 cm³/mol. The minimum Gasteiger partial charge on any atom is -0.464 e. The maximum absolute atomic E-state index is 13.5. The Bertz CT molecular complexity index is 1320. The van der Waals surface area contributed by atoms with Crippen molar-refractivity contribution in [1.82, 2.24) is 4.57 Å². The molecule has 0 fully saturated rings. The summed E-state index contributed by atoms with van der Waals surface area (Å²) in [4.78, 5) is 36.5. The topological polar surface area (TPSA) is 77.4 Å². The van der Waals surface area contributed by atoms with Crippen LogP contribution in [-0.4, -0.2) is 23.1 Å². The van der Waals surface area contributed by atoms with E-state index >= 15 is 0 Å². The Labute approximate surface area is 196 Å². The smallest absolute Gasteiger partial charge is 0.419 e. The van der Waals surface area contributed by atoms with Crippen LogP contribution in [0.15, 0.2) is 47.4 Å². The highest BCUT2D eigenvalue weighted by Crippen LogP contribution is 2.33. The van der Waals surface area contributed by atoms with Crippen LogP contribution in [0, 0.1) is 5.82 Å². The Kier molecular flexibility index (Phi) is 7.30. The fourth-order valence-corrected chi connectivity index (χ4v) is 3.59. The Morgan fingerprint density at radius 1 is 1.15 bits per heavy atom. The number of fused-ring (bicyclic) bond motifs is 1. The number of alkyl halides is 3. The summed E-state index contributed by atoms with van der Waals surface area (Å²) in [5, 5.41) is 3.18. The van der Waals surface area contributed by atoms with E-state index in [2.05, 4.69) is 5.32 Å². The van der Waals surface area contributed by atoms with Crippen molar-refractivity contribution in [3.63, 3.8) is 0 Å². The Balaban J connectivity index is 1.89. The number of pyridine rings is 1. The van der Waals surface area contributed by atoms with Crippen molar-refractivity contribution in [2.24, 2.45) is 0 Å². The van der Waals surface area contributed by atoms with Gasteiger partial charge in [-0.15, -0.1) is 0 Å². The molecule has 180 valence electrons. The number of esters is 1. The van der Waals surface area contributed by atoms with Gasteiger partial charge in [-0.2, -0.15) is 13.2 Å². The molecular formula is C23H19ClF4N2O4. The molecule has 0 saturated carbocycles. The molecule has 3 aromatic rings. The molecule has 1 amide bonds. The van der Waals surface area contributed by atoms with E-state index in [4.69, 9.17) is 16.3 Å². The number of nitrogens with zero attached hydrogens (tertiary/aromatic N) is 1. The van der Waals surface area contributed by atoms with Crippen molar-refractivity contribution in [2.45, 2.75) is 32.5 Å². The van der Waals surface area contributed by atoms with Crippen LogP contribution in [0.5, 0.6) is 0 Å². The van der Waals surface area contributed by atoms with Gasteiger partial charge in [0.25, 0.3) is 5.56 Å². The summed E-state index contributed by atoms with van der Waals surface area (Å²) in [6.07, 6.45) is -3.92. The van der Waals surface area contributed by atoms with Gasteiger partial charge in [0, 0.05) is 23.9 Å². The number of benzene rings is 2. The molecule has 6 nitrogen and oxygen atoms in total. The largest absolute Gasteiger partial charge is 0.464 e. The van der Waals surface area contributed by atoms with Crippen molar-refractivity contribution in [3.8, 4) is 0 Å². The lowest BCUT2D eigenvalue weighted by molar-refractivity contribution is -0.142. The quantitative estimate of drug-likeness (QED) is 0.378. The number of anilines is 1. The van der Waals surface area contributed by atoms with Crippen LogP contribution in [0.25, 0.3) is 10.8 Å². The summed E-state index contributed by atoms with van der Waals surface area (Å²) in [5.41, 5.74) is -1.83. The molecule has 1 heterocycles. The second-order valence-corrected chi connectivity index (χ2v) is 8.01. The van der Waals surface area contributed by atoms with Gasteiger partial charge in [-0.25, -0.2) is 4.39 Å². The van der Waals surface area contributed by atoms with E-state index in [1.54, 1.807) is 13.0 Å². The van der Waals surface area contributed by atoms with Gasteiger partial charge in [0.1, 0.15) is 12.4 Å². The minimum atomic E-state index is -4.90. The van der Waals surface area contributed by atoms with Crippen LogP contribution < -0.4 is 10.9 Å². The number of hydrogen-bond donors (Lipinski definition) is 1. The monoisotopic (exact) mass is 498 g/mol. The maximum atomic E-state index is 13.5. The predicted octanol–water partition coefficient (Wildman–Crippen LogP) is 5.12. The third kappa shape index (κ3) is 5.56. The SMILES string of the molecule is CC(=O)OC[C@@H](C)n1ccc2c(NC(=O)Cc3ccc(F)c(C(F)(F)F)c3)c(Cl)ccc2c1=O. The highest BCUT2D eigenvalue weighted by Gasteiger charge is 2.34. The Hall–Kier alpha value is -3.40. The zero-order valence-corrected chi connectivity index (χ0v) is 18.8. The molecule has 0 aliphatic rings. The van der Waals surface area contributed by atoms with E-state index in [0.717, 1.165) is 6.07 Å². The zero-order valence-electron chi connectivity index (χ0n) is 18.0. The van der Waals surface area contributed by atoms with Gasteiger partial charge in [0.2, 0.25) is 5.91 Å². The lowest BCUT2D eigenvalue weighted by atomic mass is 10.1. The Morgan fingerprint density at radius 2 is 1.85 bits per heavy atom. The first kappa shape index (κ1) is 25.2. The molecule has 11 heteroatoms. The summed E-state index contributed by atoms with van der Waals surface area (Å²) in [7, 11) is 0. The molecule has 0 spiro atoms. The van der Waals surface area contributed by atoms with Gasteiger partial charge < -0.3 is 14.6 Å². The van der Waals surface area contributed by atoms with Crippen LogP contribution in [-0.2, 0) is 26.9 Å². The average molecular weight is 499 g/mol. The molecule has 0 aliphatic carbocycles. The summed E-state index contributed by atoms with van der Waals surface area (Å²) in [6.45, 7) is 2.92. The standard InChI is InChI=1S/C23H19ClF4N2O4/c1-12(11-34-13(2)31)30-8-7-15-16(22(30)33)4-5-18(24)21(15)29-20(32)10-14-3-6-19(25)17(9-14)23(26,27)28/h3-9,12H,10-11H2,1-2H3,(H,29,32)/t12-/m1/s1. The fraction of sp³-hybridized carbons (Fsp3) is 0.261. The first-order valence-electron chi connectivity index (χ1n) is 10.0. The summed E-state index contributed by atoms with van der Waals surface area (Å²) in [6, 6.07) is 6.26. The van der Waals surface area contributed by atoms with Crippen molar-refractivity contribution in [1.29, 1.82) is 0 Å². The van der Waals surface area contributed by atoms with Crippen molar-refractivity contribution < 1.29 is 31.9 Å². The average Bonchev–Trinajstić information content (AvgIpc) is 2.74. The third-order valence-corrected chi connectivity index (χ3v) is 5.34. The lowest BCUT2D eigenvalue weighted by Gasteiger charge is -2.17. The number of amides is 1. The normalized spacial score (nSPS) is 12.4. The number of ether oxygens (including phenoxy) is 1. The second-order valence-electron chi connectivity index (χ2n) is 7.60. The van der Waals surface area contributed by atoms with Crippen LogP contribution in [0.3, 0.4) is 0 Å². The van der Waals surface area contributed by atoms with E-state index in [0.29, 0.717) is 17.5 Å². The maximum Gasteiger partial charge on any atom is 0.419 e. The molecule has 3 rings (SSSR count). The molecule has 34 heavy (non-hydrogen) atoms. The summed E-state index contributed by atoms with van der Waals surface area (Å²) >= 11 is 6.22. The number of carbonyl (C=O) groups excluding carboxylic acids is 2. The van der Waals surface area contributed by atoms with Gasteiger partial charge in [-0.3, -0.25) is 14.4 Å². The van der Waals surface area contributed by atoms with E-state index in [1.165, 1.54) is 29.8 Å². The number of rotatable bonds is 6. The van der Waals surface area contributed by atoms with Gasteiger partial charge in [-0.05, 0) is 42.8 Å². The molecular weight excluding hydrogens is 480 g/mol. The Morgan fingerprint density at radius 3 is 2.50 bits per heavy atom. The van der Waals surface area contributed by atoms with Crippen molar-refractivity contribution in [3.05, 3.63) is 74.9 Å². The lowest BCUT2D eigenvalue weighted by Crippen LogP contribution is -2.26. The molecule has 0 unspecified atom stereocenters.